The predicted molar refractivity (Wildman–Crippen MR) is 76.5 cm³/mol. The van der Waals surface area contributed by atoms with Crippen molar-refractivity contribution in [1.29, 1.82) is 0 Å². The van der Waals surface area contributed by atoms with E-state index in [1.54, 1.807) is 11.0 Å². The van der Waals surface area contributed by atoms with Gasteiger partial charge in [-0.2, -0.15) is 9.90 Å². The summed E-state index contributed by atoms with van der Waals surface area (Å²) in [6, 6.07) is 15.7. The Hall–Kier alpha value is -2.13. The zero-order valence-corrected chi connectivity index (χ0v) is 11.2. The van der Waals surface area contributed by atoms with Crippen molar-refractivity contribution >= 4 is 11.6 Å². The van der Waals surface area contributed by atoms with Crippen LogP contribution in [0, 0.1) is 6.92 Å². The molecule has 0 atom stereocenters. The van der Waals surface area contributed by atoms with Crippen LogP contribution in [0.2, 0.25) is 5.02 Å². The molecule has 4 heteroatoms. The van der Waals surface area contributed by atoms with Crippen molar-refractivity contribution < 1.29 is 0 Å². The van der Waals surface area contributed by atoms with E-state index in [-0.39, 0.29) is 0 Å². The Morgan fingerprint density at radius 1 is 1.05 bits per heavy atom. The smallest absolute Gasteiger partial charge is 0.113 e. The van der Waals surface area contributed by atoms with Gasteiger partial charge in [-0.05, 0) is 25.1 Å². The molecule has 0 fully saturated rings. The molecular weight excluding hydrogens is 258 g/mol. The Balaban J connectivity index is 1.97. The van der Waals surface area contributed by atoms with Crippen molar-refractivity contribution in [2.45, 2.75) is 6.92 Å². The maximum absolute atomic E-state index is 5.97. The minimum Gasteiger partial charge on any atom is -0.156 e. The van der Waals surface area contributed by atoms with E-state index >= 15 is 0 Å². The Kier molecular flexibility index (Phi) is 3.05. The van der Waals surface area contributed by atoms with Crippen molar-refractivity contribution in [3.05, 3.63) is 65.3 Å². The molecule has 0 spiro atoms. The lowest BCUT2D eigenvalue weighted by Crippen LogP contribution is -1.98. The van der Waals surface area contributed by atoms with E-state index in [0.29, 0.717) is 5.02 Å². The highest BCUT2D eigenvalue weighted by Gasteiger charge is 2.05. The molecule has 0 aliphatic rings. The van der Waals surface area contributed by atoms with Gasteiger partial charge in [0.15, 0.2) is 0 Å². The molecule has 0 radical (unpaired) electrons. The van der Waals surface area contributed by atoms with Crippen LogP contribution in [0.15, 0.2) is 54.7 Å². The SMILES string of the molecule is Cc1ccc(-c2cnn(-c3cccc(Cl)c3)n2)cc1. The summed E-state index contributed by atoms with van der Waals surface area (Å²) in [4.78, 5) is 1.58. The van der Waals surface area contributed by atoms with Gasteiger partial charge in [0, 0.05) is 10.6 Å². The van der Waals surface area contributed by atoms with Crippen LogP contribution < -0.4 is 0 Å². The number of rotatable bonds is 2. The summed E-state index contributed by atoms with van der Waals surface area (Å²) >= 11 is 5.97. The maximum Gasteiger partial charge on any atom is 0.113 e. The summed E-state index contributed by atoms with van der Waals surface area (Å²) in [5, 5.41) is 9.41. The molecule has 3 nitrogen and oxygen atoms in total. The third-order valence-electron chi connectivity index (χ3n) is 2.88. The molecule has 0 N–H and O–H groups in total. The van der Waals surface area contributed by atoms with E-state index in [9.17, 15) is 0 Å². The average Bonchev–Trinajstić information content (AvgIpc) is 2.89. The second-order valence-corrected chi connectivity index (χ2v) is 4.80. The van der Waals surface area contributed by atoms with Gasteiger partial charge in [-0.3, -0.25) is 0 Å². The van der Waals surface area contributed by atoms with E-state index in [1.807, 2.05) is 36.4 Å². The zero-order valence-electron chi connectivity index (χ0n) is 10.4. The molecule has 1 heterocycles. The number of aryl methyl sites for hydroxylation is 1. The predicted octanol–water partition coefficient (Wildman–Crippen LogP) is 3.90. The average molecular weight is 270 g/mol. The molecular formula is C15H12ClN3. The summed E-state index contributed by atoms with van der Waals surface area (Å²) in [6.07, 6.45) is 1.76. The van der Waals surface area contributed by atoms with Crippen molar-refractivity contribution in [3.63, 3.8) is 0 Å². The van der Waals surface area contributed by atoms with Gasteiger partial charge in [0.2, 0.25) is 0 Å². The van der Waals surface area contributed by atoms with Crippen LogP contribution in [-0.4, -0.2) is 15.0 Å². The molecule has 0 bridgehead atoms. The van der Waals surface area contributed by atoms with E-state index in [0.717, 1.165) is 16.9 Å². The Labute approximate surface area is 116 Å². The van der Waals surface area contributed by atoms with Gasteiger partial charge >= 0.3 is 0 Å². The summed E-state index contributed by atoms with van der Waals surface area (Å²) in [5.41, 5.74) is 3.98. The fraction of sp³-hybridized carbons (Fsp3) is 0.0667. The first-order valence-corrected chi connectivity index (χ1v) is 6.35. The maximum atomic E-state index is 5.97. The number of nitrogens with zero attached hydrogens (tertiary/aromatic N) is 3. The third-order valence-corrected chi connectivity index (χ3v) is 3.11. The molecule has 0 saturated carbocycles. The van der Waals surface area contributed by atoms with E-state index in [4.69, 9.17) is 11.6 Å². The minimum absolute atomic E-state index is 0.673. The second-order valence-electron chi connectivity index (χ2n) is 4.37. The van der Waals surface area contributed by atoms with Gasteiger partial charge in [0.25, 0.3) is 0 Å². The first kappa shape index (κ1) is 11.9. The normalized spacial score (nSPS) is 10.6. The molecule has 0 unspecified atom stereocenters. The zero-order chi connectivity index (χ0) is 13.2. The standard InChI is InChI=1S/C15H12ClN3/c1-11-5-7-12(8-6-11)15-10-17-19(18-15)14-4-2-3-13(16)9-14/h2-10H,1H3. The highest BCUT2D eigenvalue weighted by Crippen LogP contribution is 2.18. The Morgan fingerprint density at radius 2 is 1.84 bits per heavy atom. The van der Waals surface area contributed by atoms with E-state index in [2.05, 4.69) is 29.3 Å². The van der Waals surface area contributed by atoms with Gasteiger partial charge in [0.05, 0.1) is 11.9 Å². The molecule has 3 aromatic rings. The first-order valence-electron chi connectivity index (χ1n) is 5.98. The number of hydrogen-bond acceptors (Lipinski definition) is 2. The van der Waals surface area contributed by atoms with E-state index in [1.165, 1.54) is 5.56 Å². The highest BCUT2D eigenvalue weighted by molar-refractivity contribution is 6.30. The molecule has 3 rings (SSSR count). The highest BCUT2D eigenvalue weighted by atomic mass is 35.5. The quantitative estimate of drug-likeness (QED) is 0.706. The number of hydrogen-bond donors (Lipinski definition) is 0. The van der Waals surface area contributed by atoms with E-state index < -0.39 is 0 Å². The van der Waals surface area contributed by atoms with Gasteiger partial charge in [0.1, 0.15) is 5.69 Å². The lowest BCUT2D eigenvalue weighted by Gasteiger charge is -2.00. The van der Waals surface area contributed by atoms with Crippen LogP contribution >= 0.6 is 11.6 Å². The topological polar surface area (TPSA) is 30.7 Å². The molecule has 1 aromatic heterocycles. The fourth-order valence-corrected chi connectivity index (χ4v) is 2.03. The Morgan fingerprint density at radius 3 is 2.58 bits per heavy atom. The van der Waals surface area contributed by atoms with Gasteiger partial charge in [-0.25, -0.2) is 0 Å². The molecule has 0 amide bonds. The molecule has 19 heavy (non-hydrogen) atoms. The van der Waals surface area contributed by atoms with Crippen molar-refractivity contribution in [3.8, 4) is 16.9 Å². The number of halogens is 1. The summed E-state index contributed by atoms with van der Waals surface area (Å²) in [6.45, 7) is 2.06. The van der Waals surface area contributed by atoms with Crippen LogP contribution in [0.3, 0.4) is 0 Å². The fourth-order valence-electron chi connectivity index (χ4n) is 1.84. The van der Waals surface area contributed by atoms with Crippen molar-refractivity contribution in [2.24, 2.45) is 0 Å². The van der Waals surface area contributed by atoms with Crippen molar-refractivity contribution in [1.82, 2.24) is 15.0 Å². The summed E-state index contributed by atoms with van der Waals surface area (Å²) < 4.78 is 0. The van der Waals surface area contributed by atoms with Crippen LogP contribution in [0.1, 0.15) is 5.56 Å². The Bertz CT molecular complexity index is 701. The molecule has 94 valence electrons. The molecule has 2 aromatic carbocycles. The summed E-state index contributed by atoms with van der Waals surface area (Å²) in [7, 11) is 0. The largest absolute Gasteiger partial charge is 0.156 e. The molecule has 0 aliphatic carbocycles. The first-order chi connectivity index (χ1) is 9.22. The molecule has 0 aliphatic heterocycles. The monoisotopic (exact) mass is 269 g/mol. The van der Waals surface area contributed by atoms with Crippen LogP contribution in [-0.2, 0) is 0 Å². The second kappa shape index (κ2) is 4.86. The number of benzene rings is 2. The van der Waals surface area contributed by atoms with Crippen LogP contribution in [0.5, 0.6) is 0 Å². The number of aromatic nitrogens is 3. The van der Waals surface area contributed by atoms with Crippen molar-refractivity contribution in [2.75, 3.05) is 0 Å². The van der Waals surface area contributed by atoms with Crippen LogP contribution in [0.4, 0.5) is 0 Å². The van der Waals surface area contributed by atoms with Gasteiger partial charge in [-0.15, -0.1) is 5.10 Å². The summed E-state index contributed by atoms with van der Waals surface area (Å²) in [5.74, 6) is 0. The van der Waals surface area contributed by atoms with Gasteiger partial charge < -0.3 is 0 Å². The van der Waals surface area contributed by atoms with Crippen LogP contribution in [0.25, 0.3) is 16.9 Å². The third kappa shape index (κ3) is 2.51. The lowest BCUT2D eigenvalue weighted by atomic mass is 10.1. The lowest BCUT2D eigenvalue weighted by molar-refractivity contribution is 0.754. The minimum atomic E-state index is 0.673. The molecule has 0 saturated heterocycles. The van der Waals surface area contributed by atoms with Gasteiger partial charge in [-0.1, -0.05) is 47.5 Å².